The lowest BCUT2D eigenvalue weighted by Gasteiger charge is -2.39. The topological polar surface area (TPSA) is 36.4 Å². The Balaban J connectivity index is 1.56. The summed E-state index contributed by atoms with van der Waals surface area (Å²) in [6.45, 7) is 4.81. The number of carbonyl (C=O) groups excluding carboxylic acids is 1. The van der Waals surface area contributed by atoms with Gasteiger partial charge in [-0.15, -0.1) is 0 Å². The molecule has 2 aromatic rings. The fraction of sp³-hybridized carbons (Fsp3) is 0.400. The van der Waals surface area contributed by atoms with Gasteiger partial charge in [-0.2, -0.15) is 0 Å². The number of hydrogen-bond acceptors (Lipinski definition) is 3. The van der Waals surface area contributed by atoms with Gasteiger partial charge in [0, 0.05) is 31.4 Å². The van der Waals surface area contributed by atoms with Crippen LogP contribution in [-0.4, -0.2) is 41.5 Å². The molecule has 0 N–H and O–H groups in total. The zero-order valence-electron chi connectivity index (χ0n) is 14.1. The van der Waals surface area contributed by atoms with Gasteiger partial charge in [-0.3, -0.25) is 4.79 Å². The first-order valence-corrected chi connectivity index (χ1v) is 8.76. The Hall–Kier alpha value is -2.36. The third-order valence-electron chi connectivity index (χ3n) is 5.47. The molecule has 2 aliphatic heterocycles. The summed E-state index contributed by atoms with van der Waals surface area (Å²) in [6.07, 6.45) is 4.10. The quantitative estimate of drug-likeness (QED) is 0.853. The summed E-state index contributed by atoms with van der Waals surface area (Å²) >= 11 is 0. The highest BCUT2D eigenvalue weighted by Crippen LogP contribution is 2.34. The highest BCUT2D eigenvalue weighted by molar-refractivity contribution is 5.96. The first kappa shape index (κ1) is 15.2. The highest BCUT2D eigenvalue weighted by Gasteiger charge is 2.41. The van der Waals surface area contributed by atoms with Crippen LogP contribution in [0.1, 0.15) is 28.8 Å². The third kappa shape index (κ3) is 2.66. The Bertz CT molecular complexity index is 731. The van der Waals surface area contributed by atoms with Crippen molar-refractivity contribution in [1.82, 2.24) is 9.88 Å². The monoisotopic (exact) mass is 321 g/mol. The van der Waals surface area contributed by atoms with E-state index in [1.54, 1.807) is 0 Å². The fourth-order valence-corrected chi connectivity index (χ4v) is 4.11. The Labute approximate surface area is 143 Å². The number of pyridine rings is 1. The average molecular weight is 321 g/mol. The molecule has 2 saturated heterocycles. The number of nitrogens with zero attached hydrogens (tertiary/aromatic N) is 3. The smallest absolute Gasteiger partial charge is 0.254 e. The molecule has 4 nitrogen and oxygen atoms in total. The van der Waals surface area contributed by atoms with Crippen molar-refractivity contribution in [3.8, 4) is 0 Å². The van der Waals surface area contributed by atoms with E-state index in [2.05, 4.69) is 20.9 Å². The van der Waals surface area contributed by atoms with E-state index in [1.807, 2.05) is 49.5 Å². The molecule has 24 heavy (non-hydrogen) atoms. The number of rotatable bonds is 2. The lowest BCUT2D eigenvalue weighted by atomic mass is 9.92. The molecule has 2 unspecified atom stereocenters. The standard InChI is InChI=1S/C20H23N3O/c1-15-6-2-3-7-17(15)20(24)23-13-10-16-9-12-22(14-18(16)23)19-8-4-5-11-21-19/h2-8,11,16,18H,9-10,12-14H2,1H3. The lowest BCUT2D eigenvalue weighted by Crippen LogP contribution is -2.50. The van der Waals surface area contributed by atoms with E-state index in [1.165, 1.54) is 0 Å². The number of hydrogen-bond donors (Lipinski definition) is 0. The second kappa shape index (κ2) is 6.27. The number of amides is 1. The minimum absolute atomic E-state index is 0.184. The molecule has 2 fully saturated rings. The number of anilines is 1. The van der Waals surface area contributed by atoms with Gasteiger partial charge in [0.05, 0.1) is 6.04 Å². The van der Waals surface area contributed by atoms with Crippen molar-refractivity contribution in [2.45, 2.75) is 25.8 Å². The molecule has 1 aromatic carbocycles. The summed E-state index contributed by atoms with van der Waals surface area (Å²) in [4.78, 5) is 22.0. The van der Waals surface area contributed by atoms with Crippen LogP contribution in [0.4, 0.5) is 5.82 Å². The molecule has 2 aliphatic rings. The maximum Gasteiger partial charge on any atom is 0.254 e. The third-order valence-corrected chi connectivity index (χ3v) is 5.47. The SMILES string of the molecule is Cc1ccccc1C(=O)N1CCC2CCN(c3ccccn3)CC21. The van der Waals surface area contributed by atoms with E-state index in [0.717, 1.165) is 49.4 Å². The van der Waals surface area contributed by atoms with Gasteiger partial charge in [-0.05, 0) is 49.4 Å². The van der Waals surface area contributed by atoms with E-state index >= 15 is 0 Å². The van der Waals surface area contributed by atoms with Crippen LogP contribution in [-0.2, 0) is 0 Å². The molecule has 0 bridgehead atoms. The van der Waals surface area contributed by atoms with Gasteiger partial charge in [0.2, 0.25) is 0 Å². The molecule has 0 saturated carbocycles. The van der Waals surface area contributed by atoms with Gasteiger partial charge in [-0.25, -0.2) is 4.98 Å². The summed E-state index contributed by atoms with van der Waals surface area (Å²) in [5.41, 5.74) is 1.90. The van der Waals surface area contributed by atoms with Crippen LogP contribution in [0.3, 0.4) is 0 Å². The predicted molar refractivity (Wildman–Crippen MR) is 95.2 cm³/mol. The number of aromatic nitrogens is 1. The Kier molecular flexibility index (Phi) is 3.97. The zero-order valence-corrected chi connectivity index (χ0v) is 14.1. The number of likely N-dealkylation sites (tertiary alicyclic amines) is 1. The first-order valence-electron chi connectivity index (χ1n) is 8.76. The summed E-state index contributed by atoms with van der Waals surface area (Å²) < 4.78 is 0. The van der Waals surface area contributed by atoms with Crippen molar-refractivity contribution in [2.75, 3.05) is 24.5 Å². The van der Waals surface area contributed by atoms with E-state index in [4.69, 9.17) is 0 Å². The summed E-state index contributed by atoms with van der Waals surface area (Å²) in [6, 6.07) is 14.2. The van der Waals surface area contributed by atoms with Crippen molar-refractivity contribution < 1.29 is 4.79 Å². The average Bonchev–Trinajstić information content (AvgIpc) is 3.05. The second-order valence-electron chi connectivity index (χ2n) is 6.85. The first-order chi connectivity index (χ1) is 11.7. The van der Waals surface area contributed by atoms with Crippen LogP contribution >= 0.6 is 0 Å². The minimum atomic E-state index is 0.184. The molecule has 4 rings (SSSR count). The van der Waals surface area contributed by atoms with Crippen LogP contribution < -0.4 is 4.90 Å². The van der Waals surface area contributed by atoms with Crippen LogP contribution in [0.25, 0.3) is 0 Å². The van der Waals surface area contributed by atoms with Crippen molar-refractivity contribution in [3.63, 3.8) is 0 Å². The van der Waals surface area contributed by atoms with Crippen molar-refractivity contribution in [1.29, 1.82) is 0 Å². The molecule has 2 atom stereocenters. The minimum Gasteiger partial charge on any atom is -0.355 e. The van der Waals surface area contributed by atoms with Crippen molar-refractivity contribution in [3.05, 3.63) is 59.8 Å². The molecule has 124 valence electrons. The second-order valence-corrected chi connectivity index (χ2v) is 6.85. The molecule has 1 amide bonds. The van der Waals surface area contributed by atoms with Crippen LogP contribution in [0.15, 0.2) is 48.7 Å². The van der Waals surface area contributed by atoms with Gasteiger partial charge >= 0.3 is 0 Å². The van der Waals surface area contributed by atoms with Gasteiger partial charge in [0.15, 0.2) is 0 Å². The Morgan fingerprint density at radius 3 is 2.67 bits per heavy atom. The summed E-state index contributed by atoms with van der Waals surface area (Å²) in [5.74, 6) is 1.83. The molecule has 3 heterocycles. The van der Waals surface area contributed by atoms with Crippen LogP contribution in [0, 0.1) is 12.8 Å². The maximum atomic E-state index is 13.1. The van der Waals surface area contributed by atoms with E-state index in [9.17, 15) is 4.79 Å². The van der Waals surface area contributed by atoms with E-state index in [0.29, 0.717) is 12.0 Å². The zero-order chi connectivity index (χ0) is 16.5. The van der Waals surface area contributed by atoms with Crippen LogP contribution in [0.2, 0.25) is 0 Å². The van der Waals surface area contributed by atoms with Gasteiger partial charge in [0.1, 0.15) is 5.82 Å². The summed E-state index contributed by atoms with van der Waals surface area (Å²) in [5, 5.41) is 0. The number of aryl methyl sites for hydroxylation is 1. The molecular weight excluding hydrogens is 298 g/mol. The molecular formula is C20H23N3O. The predicted octanol–water partition coefficient (Wildman–Crippen LogP) is 3.13. The number of benzene rings is 1. The van der Waals surface area contributed by atoms with Gasteiger partial charge in [-0.1, -0.05) is 24.3 Å². The number of carbonyl (C=O) groups is 1. The fourth-order valence-electron chi connectivity index (χ4n) is 4.11. The molecule has 4 heteroatoms. The maximum absolute atomic E-state index is 13.1. The summed E-state index contributed by atoms with van der Waals surface area (Å²) in [7, 11) is 0. The molecule has 1 aromatic heterocycles. The molecule has 0 spiro atoms. The Morgan fingerprint density at radius 1 is 1.08 bits per heavy atom. The molecule has 0 radical (unpaired) electrons. The van der Waals surface area contributed by atoms with Crippen molar-refractivity contribution in [2.24, 2.45) is 5.92 Å². The van der Waals surface area contributed by atoms with Gasteiger partial charge < -0.3 is 9.80 Å². The Morgan fingerprint density at radius 2 is 1.88 bits per heavy atom. The van der Waals surface area contributed by atoms with Crippen LogP contribution in [0.5, 0.6) is 0 Å². The van der Waals surface area contributed by atoms with E-state index < -0.39 is 0 Å². The largest absolute Gasteiger partial charge is 0.355 e. The highest BCUT2D eigenvalue weighted by atomic mass is 16.2. The number of fused-ring (bicyclic) bond motifs is 1. The molecule has 0 aliphatic carbocycles. The van der Waals surface area contributed by atoms with E-state index in [-0.39, 0.29) is 5.91 Å². The number of piperidine rings is 1. The van der Waals surface area contributed by atoms with Gasteiger partial charge in [0.25, 0.3) is 5.91 Å². The lowest BCUT2D eigenvalue weighted by molar-refractivity contribution is 0.0711. The van der Waals surface area contributed by atoms with Crippen molar-refractivity contribution >= 4 is 11.7 Å². The normalized spacial score (nSPS) is 23.2.